The Hall–Kier alpha value is -1.86. The molecule has 0 amide bonds. The molecule has 0 saturated carbocycles. The first kappa shape index (κ1) is 12.2. The molecule has 19 heavy (non-hydrogen) atoms. The smallest absolute Gasteiger partial charge is 0.0361 e. The summed E-state index contributed by atoms with van der Waals surface area (Å²) in [6.07, 6.45) is 0. The topological polar surface area (TPSA) is 0 Å². The van der Waals surface area contributed by atoms with Gasteiger partial charge in [0.15, 0.2) is 0 Å². The SMILES string of the molecule is CC.c1ccc2c(c1)ccc1sc3ccccc3c12. The second kappa shape index (κ2) is 5.02. The lowest BCUT2D eigenvalue weighted by atomic mass is 10.0. The van der Waals surface area contributed by atoms with Crippen molar-refractivity contribution in [2.75, 3.05) is 0 Å². The van der Waals surface area contributed by atoms with Gasteiger partial charge < -0.3 is 0 Å². The minimum Gasteiger partial charge on any atom is -0.135 e. The Kier molecular flexibility index (Phi) is 3.22. The van der Waals surface area contributed by atoms with Gasteiger partial charge in [0.25, 0.3) is 0 Å². The van der Waals surface area contributed by atoms with E-state index >= 15 is 0 Å². The molecular weight excluding hydrogens is 248 g/mol. The molecule has 0 N–H and O–H groups in total. The van der Waals surface area contributed by atoms with Crippen molar-refractivity contribution < 1.29 is 0 Å². The molecule has 4 rings (SSSR count). The van der Waals surface area contributed by atoms with E-state index in [-0.39, 0.29) is 0 Å². The average molecular weight is 264 g/mol. The highest BCUT2D eigenvalue weighted by molar-refractivity contribution is 7.26. The predicted octanol–water partition coefficient (Wildman–Crippen LogP) is 6.23. The normalized spacial score (nSPS) is 10.6. The highest BCUT2D eigenvalue weighted by Gasteiger charge is 2.07. The fourth-order valence-corrected chi connectivity index (χ4v) is 3.62. The second-order valence-electron chi connectivity index (χ2n) is 4.26. The molecule has 0 aliphatic carbocycles. The lowest BCUT2D eigenvalue weighted by molar-refractivity contribution is 1.50. The second-order valence-corrected chi connectivity index (χ2v) is 5.34. The van der Waals surface area contributed by atoms with Crippen molar-refractivity contribution in [3.05, 3.63) is 60.7 Å². The van der Waals surface area contributed by atoms with Crippen molar-refractivity contribution in [1.29, 1.82) is 0 Å². The zero-order chi connectivity index (χ0) is 13.2. The first-order valence-electron chi connectivity index (χ1n) is 6.72. The summed E-state index contributed by atoms with van der Waals surface area (Å²) in [7, 11) is 0. The molecule has 0 saturated heterocycles. The van der Waals surface area contributed by atoms with Crippen LogP contribution in [-0.4, -0.2) is 0 Å². The third kappa shape index (κ3) is 1.91. The molecular formula is C18H16S. The fraction of sp³-hybridized carbons (Fsp3) is 0.111. The van der Waals surface area contributed by atoms with Crippen LogP contribution in [0.1, 0.15) is 13.8 Å². The molecule has 1 heteroatoms. The summed E-state index contributed by atoms with van der Waals surface area (Å²) in [6, 6.07) is 21.7. The predicted molar refractivity (Wildman–Crippen MR) is 88.2 cm³/mol. The average Bonchev–Trinajstić information content (AvgIpc) is 2.88. The molecule has 0 spiro atoms. The highest BCUT2D eigenvalue weighted by Crippen LogP contribution is 2.37. The van der Waals surface area contributed by atoms with Crippen molar-refractivity contribution in [2.24, 2.45) is 0 Å². The van der Waals surface area contributed by atoms with Gasteiger partial charge in [-0.2, -0.15) is 0 Å². The Labute approximate surface area is 117 Å². The van der Waals surface area contributed by atoms with Crippen LogP contribution in [0, 0.1) is 0 Å². The van der Waals surface area contributed by atoms with Crippen LogP contribution in [-0.2, 0) is 0 Å². The monoisotopic (exact) mass is 264 g/mol. The van der Waals surface area contributed by atoms with Crippen molar-refractivity contribution in [2.45, 2.75) is 13.8 Å². The quantitative estimate of drug-likeness (QED) is 0.353. The van der Waals surface area contributed by atoms with Crippen LogP contribution in [0.25, 0.3) is 30.9 Å². The summed E-state index contributed by atoms with van der Waals surface area (Å²) in [5.41, 5.74) is 0. The van der Waals surface area contributed by atoms with Gasteiger partial charge in [0, 0.05) is 20.2 Å². The Morgan fingerprint density at radius 2 is 1.32 bits per heavy atom. The minimum atomic E-state index is 1.32. The first-order valence-corrected chi connectivity index (χ1v) is 7.54. The molecule has 0 unspecified atom stereocenters. The summed E-state index contributed by atoms with van der Waals surface area (Å²) < 4.78 is 2.75. The van der Waals surface area contributed by atoms with Gasteiger partial charge in [0.2, 0.25) is 0 Å². The molecule has 1 heterocycles. The van der Waals surface area contributed by atoms with E-state index in [1.54, 1.807) is 0 Å². The maximum atomic E-state index is 2.24. The lowest BCUT2D eigenvalue weighted by Crippen LogP contribution is -1.72. The van der Waals surface area contributed by atoms with E-state index in [9.17, 15) is 0 Å². The molecule has 0 bridgehead atoms. The Balaban J connectivity index is 0.000000528. The van der Waals surface area contributed by atoms with E-state index < -0.39 is 0 Å². The number of benzene rings is 3. The number of fused-ring (bicyclic) bond motifs is 5. The van der Waals surface area contributed by atoms with Gasteiger partial charge in [0.1, 0.15) is 0 Å². The zero-order valence-electron chi connectivity index (χ0n) is 11.2. The highest BCUT2D eigenvalue weighted by atomic mass is 32.1. The van der Waals surface area contributed by atoms with Crippen LogP contribution in [0.15, 0.2) is 60.7 Å². The van der Waals surface area contributed by atoms with Crippen LogP contribution in [0.5, 0.6) is 0 Å². The number of hydrogen-bond acceptors (Lipinski definition) is 1. The summed E-state index contributed by atoms with van der Waals surface area (Å²) in [5.74, 6) is 0. The van der Waals surface area contributed by atoms with Gasteiger partial charge >= 0.3 is 0 Å². The maximum Gasteiger partial charge on any atom is 0.0361 e. The molecule has 0 atom stereocenters. The van der Waals surface area contributed by atoms with Gasteiger partial charge in [-0.05, 0) is 22.9 Å². The molecule has 3 aromatic carbocycles. The van der Waals surface area contributed by atoms with Gasteiger partial charge in [0.05, 0.1) is 0 Å². The molecule has 0 nitrogen and oxygen atoms in total. The minimum absolute atomic E-state index is 1.32. The van der Waals surface area contributed by atoms with Crippen LogP contribution in [0.3, 0.4) is 0 Å². The molecule has 1 aromatic heterocycles. The van der Waals surface area contributed by atoms with Gasteiger partial charge in [-0.25, -0.2) is 0 Å². The zero-order valence-corrected chi connectivity index (χ0v) is 12.0. The standard InChI is InChI=1S/C16H10S.C2H6/c1-2-6-12-11(5-1)9-10-15-16(12)13-7-3-4-8-14(13)17-15;1-2/h1-10H;1-2H3. The van der Waals surface area contributed by atoms with E-state index in [0.717, 1.165) is 0 Å². The lowest BCUT2D eigenvalue weighted by Gasteiger charge is -1.99. The van der Waals surface area contributed by atoms with E-state index in [1.165, 1.54) is 30.9 Å². The summed E-state index contributed by atoms with van der Waals surface area (Å²) in [5, 5.41) is 5.47. The summed E-state index contributed by atoms with van der Waals surface area (Å²) in [4.78, 5) is 0. The Morgan fingerprint density at radius 1 is 0.632 bits per heavy atom. The molecule has 0 fully saturated rings. The summed E-state index contributed by atoms with van der Waals surface area (Å²) >= 11 is 1.88. The Bertz CT molecular complexity index is 834. The van der Waals surface area contributed by atoms with Gasteiger partial charge in [-0.1, -0.05) is 62.4 Å². The molecule has 0 aliphatic rings. The largest absolute Gasteiger partial charge is 0.135 e. The van der Waals surface area contributed by atoms with E-state index in [0.29, 0.717) is 0 Å². The van der Waals surface area contributed by atoms with E-state index in [4.69, 9.17) is 0 Å². The third-order valence-electron chi connectivity index (χ3n) is 3.27. The van der Waals surface area contributed by atoms with Crippen molar-refractivity contribution >= 4 is 42.3 Å². The molecule has 94 valence electrons. The molecule has 0 aliphatic heterocycles. The van der Waals surface area contributed by atoms with Gasteiger partial charge in [-0.15, -0.1) is 11.3 Å². The number of rotatable bonds is 0. The van der Waals surface area contributed by atoms with Crippen molar-refractivity contribution in [3.8, 4) is 0 Å². The number of hydrogen-bond donors (Lipinski definition) is 0. The van der Waals surface area contributed by atoms with E-state index in [1.807, 2.05) is 25.2 Å². The van der Waals surface area contributed by atoms with Crippen LogP contribution >= 0.6 is 11.3 Å². The molecule has 0 radical (unpaired) electrons. The summed E-state index contributed by atoms with van der Waals surface area (Å²) in [6.45, 7) is 4.00. The molecule has 4 aromatic rings. The van der Waals surface area contributed by atoms with Crippen LogP contribution in [0.4, 0.5) is 0 Å². The first-order chi connectivity index (χ1) is 9.43. The van der Waals surface area contributed by atoms with Crippen molar-refractivity contribution in [1.82, 2.24) is 0 Å². The van der Waals surface area contributed by atoms with Gasteiger partial charge in [-0.3, -0.25) is 0 Å². The van der Waals surface area contributed by atoms with Crippen molar-refractivity contribution in [3.63, 3.8) is 0 Å². The number of thiophene rings is 1. The Morgan fingerprint density at radius 3 is 2.16 bits per heavy atom. The van der Waals surface area contributed by atoms with E-state index in [2.05, 4.69) is 60.7 Å². The van der Waals surface area contributed by atoms with Crippen LogP contribution < -0.4 is 0 Å². The van der Waals surface area contributed by atoms with Crippen LogP contribution in [0.2, 0.25) is 0 Å². The fourth-order valence-electron chi connectivity index (χ4n) is 2.50. The maximum absolute atomic E-state index is 2.24. The third-order valence-corrected chi connectivity index (χ3v) is 4.40.